The summed E-state index contributed by atoms with van der Waals surface area (Å²) in [7, 11) is 0. The van der Waals surface area contributed by atoms with E-state index in [2.05, 4.69) is 28.2 Å². The van der Waals surface area contributed by atoms with Crippen molar-refractivity contribution in [2.45, 2.75) is 32.7 Å². The number of amides is 1. The third kappa shape index (κ3) is 3.67. The van der Waals surface area contributed by atoms with Gasteiger partial charge in [-0.25, -0.2) is 0 Å². The second kappa shape index (κ2) is 5.91. The average molecular weight is 270 g/mol. The van der Waals surface area contributed by atoms with E-state index < -0.39 is 0 Å². The van der Waals surface area contributed by atoms with Crippen molar-refractivity contribution in [2.75, 3.05) is 0 Å². The highest BCUT2D eigenvalue weighted by Crippen LogP contribution is 2.19. The van der Waals surface area contributed by atoms with Crippen LogP contribution >= 0.6 is 15.9 Å². The number of benzene rings is 1. The maximum Gasteiger partial charge on any atom is 0.220 e. The van der Waals surface area contributed by atoms with Gasteiger partial charge in [-0.1, -0.05) is 41.9 Å². The highest BCUT2D eigenvalue weighted by Gasteiger charge is 2.10. The van der Waals surface area contributed by atoms with Crippen molar-refractivity contribution in [3.8, 4) is 0 Å². The Bertz CT molecular complexity index is 321. The molecule has 15 heavy (non-hydrogen) atoms. The Morgan fingerprint density at radius 1 is 1.33 bits per heavy atom. The number of hydrogen-bond acceptors (Lipinski definition) is 1. The summed E-state index contributed by atoms with van der Waals surface area (Å²) < 4.78 is 1.06. The quantitative estimate of drug-likeness (QED) is 0.892. The molecule has 1 atom stereocenters. The molecule has 0 fully saturated rings. The lowest BCUT2D eigenvalue weighted by Gasteiger charge is -2.17. The summed E-state index contributed by atoms with van der Waals surface area (Å²) in [6.45, 7) is 3.94. The zero-order valence-corrected chi connectivity index (χ0v) is 10.7. The number of hydrogen-bond donors (Lipinski definition) is 1. The molecule has 0 aliphatic carbocycles. The predicted octanol–water partition coefficient (Wildman–Crippen LogP) is 3.43. The van der Waals surface area contributed by atoms with Gasteiger partial charge in [0.05, 0.1) is 6.04 Å². The van der Waals surface area contributed by atoms with Gasteiger partial charge in [-0.05, 0) is 24.1 Å². The summed E-state index contributed by atoms with van der Waals surface area (Å²) in [5.41, 5.74) is 1.16. The molecular weight excluding hydrogens is 254 g/mol. The molecule has 2 nitrogen and oxygen atoms in total. The lowest BCUT2D eigenvalue weighted by molar-refractivity contribution is -0.121. The Kier molecular flexibility index (Phi) is 4.82. The molecule has 0 saturated carbocycles. The van der Waals surface area contributed by atoms with Gasteiger partial charge in [0.2, 0.25) is 5.91 Å². The molecule has 1 amide bonds. The number of rotatable bonds is 4. The van der Waals surface area contributed by atoms with Crippen LogP contribution in [0.25, 0.3) is 0 Å². The van der Waals surface area contributed by atoms with Crippen molar-refractivity contribution in [3.05, 3.63) is 34.3 Å². The molecule has 3 heteroatoms. The van der Waals surface area contributed by atoms with Gasteiger partial charge in [0, 0.05) is 10.9 Å². The Balaban J connectivity index is 2.74. The molecule has 0 radical (unpaired) electrons. The minimum atomic E-state index is 0.102. The van der Waals surface area contributed by atoms with Crippen molar-refractivity contribution < 1.29 is 4.79 Å². The molecule has 0 saturated heterocycles. The van der Waals surface area contributed by atoms with Crippen LogP contribution in [0.4, 0.5) is 0 Å². The van der Waals surface area contributed by atoms with Crippen LogP contribution in [0.15, 0.2) is 28.7 Å². The monoisotopic (exact) mass is 269 g/mol. The molecule has 1 rings (SSSR count). The topological polar surface area (TPSA) is 29.1 Å². The van der Waals surface area contributed by atoms with Crippen molar-refractivity contribution in [2.24, 2.45) is 0 Å². The van der Waals surface area contributed by atoms with Crippen molar-refractivity contribution in [1.29, 1.82) is 0 Å². The fourth-order valence-electron chi connectivity index (χ4n) is 1.41. The van der Waals surface area contributed by atoms with E-state index >= 15 is 0 Å². The zero-order chi connectivity index (χ0) is 11.3. The van der Waals surface area contributed by atoms with E-state index in [1.54, 1.807) is 0 Å². The summed E-state index contributed by atoms with van der Waals surface area (Å²) in [4.78, 5) is 11.3. The fraction of sp³-hybridized carbons (Fsp3) is 0.417. The first-order valence-corrected chi connectivity index (χ1v) is 6.01. The van der Waals surface area contributed by atoms with Gasteiger partial charge >= 0.3 is 0 Å². The van der Waals surface area contributed by atoms with Crippen molar-refractivity contribution in [3.63, 3.8) is 0 Å². The minimum Gasteiger partial charge on any atom is -0.349 e. The molecule has 0 aromatic heterocycles. The number of carbonyl (C=O) groups excluding carboxylic acids is 1. The molecule has 0 heterocycles. The standard InChI is InChI=1S/C12H16BrNO/c1-3-11(14-12(15)4-2)9-5-7-10(13)8-6-9/h5-8,11H,3-4H2,1-2H3,(H,14,15). The molecule has 0 aliphatic heterocycles. The highest BCUT2D eigenvalue weighted by molar-refractivity contribution is 9.10. The van der Waals surface area contributed by atoms with E-state index in [4.69, 9.17) is 0 Å². The summed E-state index contributed by atoms with van der Waals surface area (Å²) in [6, 6.07) is 8.19. The summed E-state index contributed by atoms with van der Waals surface area (Å²) in [5.74, 6) is 0.102. The Labute approximate surface area is 99.2 Å². The van der Waals surface area contributed by atoms with Gasteiger partial charge in [0.1, 0.15) is 0 Å². The molecule has 1 N–H and O–H groups in total. The zero-order valence-electron chi connectivity index (χ0n) is 9.09. The molecule has 0 spiro atoms. The van der Waals surface area contributed by atoms with Crippen LogP contribution in [0, 0.1) is 0 Å². The van der Waals surface area contributed by atoms with Crippen LogP contribution in [-0.2, 0) is 4.79 Å². The number of carbonyl (C=O) groups is 1. The van der Waals surface area contributed by atoms with E-state index in [-0.39, 0.29) is 11.9 Å². The molecule has 0 aliphatic rings. The van der Waals surface area contributed by atoms with Crippen LogP contribution in [0.5, 0.6) is 0 Å². The molecule has 82 valence electrons. The largest absolute Gasteiger partial charge is 0.349 e. The van der Waals surface area contributed by atoms with E-state index in [9.17, 15) is 4.79 Å². The third-order valence-corrected chi connectivity index (χ3v) is 2.87. The van der Waals surface area contributed by atoms with Crippen LogP contribution < -0.4 is 5.32 Å². The van der Waals surface area contributed by atoms with Crippen LogP contribution in [0.3, 0.4) is 0 Å². The van der Waals surface area contributed by atoms with E-state index in [0.29, 0.717) is 6.42 Å². The maximum atomic E-state index is 11.3. The highest BCUT2D eigenvalue weighted by atomic mass is 79.9. The fourth-order valence-corrected chi connectivity index (χ4v) is 1.68. The van der Waals surface area contributed by atoms with E-state index in [1.165, 1.54) is 0 Å². The second-order valence-corrected chi connectivity index (χ2v) is 4.35. The van der Waals surface area contributed by atoms with Gasteiger partial charge in [-0.2, -0.15) is 0 Å². The predicted molar refractivity (Wildman–Crippen MR) is 65.6 cm³/mol. The van der Waals surface area contributed by atoms with Crippen LogP contribution in [0.2, 0.25) is 0 Å². The van der Waals surface area contributed by atoms with E-state index in [1.807, 2.05) is 31.2 Å². The summed E-state index contributed by atoms with van der Waals surface area (Å²) in [5, 5.41) is 3.00. The van der Waals surface area contributed by atoms with Gasteiger partial charge in [-0.3, -0.25) is 4.79 Å². The first-order chi connectivity index (χ1) is 7.17. The lowest BCUT2D eigenvalue weighted by atomic mass is 10.0. The normalized spacial score (nSPS) is 12.2. The molecule has 1 aromatic rings. The van der Waals surface area contributed by atoms with E-state index in [0.717, 1.165) is 16.5 Å². The van der Waals surface area contributed by atoms with Gasteiger partial charge in [-0.15, -0.1) is 0 Å². The summed E-state index contributed by atoms with van der Waals surface area (Å²) >= 11 is 3.39. The Morgan fingerprint density at radius 2 is 1.93 bits per heavy atom. The van der Waals surface area contributed by atoms with Crippen molar-refractivity contribution >= 4 is 21.8 Å². The summed E-state index contributed by atoms with van der Waals surface area (Å²) in [6.07, 6.45) is 1.44. The molecular formula is C12H16BrNO. The maximum absolute atomic E-state index is 11.3. The first-order valence-electron chi connectivity index (χ1n) is 5.22. The van der Waals surface area contributed by atoms with Gasteiger partial charge in [0.25, 0.3) is 0 Å². The molecule has 1 unspecified atom stereocenters. The third-order valence-electron chi connectivity index (χ3n) is 2.34. The van der Waals surface area contributed by atoms with Gasteiger partial charge in [0.15, 0.2) is 0 Å². The number of nitrogens with one attached hydrogen (secondary N) is 1. The lowest BCUT2D eigenvalue weighted by Crippen LogP contribution is -2.27. The number of halogens is 1. The minimum absolute atomic E-state index is 0.102. The SMILES string of the molecule is CCC(=O)NC(CC)c1ccc(Br)cc1. The Morgan fingerprint density at radius 3 is 2.40 bits per heavy atom. The van der Waals surface area contributed by atoms with Gasteiger partial charge < -0.3 is 5.32 Å². The first kappa shape index (κ1) is 12.2. The van der Waals surface area contributed by atoms with Crippen molar-refractivity contribution in [1.82, 2.24) is 5.32 Å². The molecule has 1 aromatic carbocycles. The Hall–Kier alpha value is -0.830. The second-order valence-electron chi connectivity index (χ2n) is 3.43. The molecule has 0 bridgehead atoms. The smallest absolute Gasteiger partial charge is 0.220 e. The van der Waals surface area contributed by atoms with Crippen LogP contribution in [0.1, 0.15) is 38.3 Å². The van der Waals surface area contributed by atoms with Crippen LogP contribution in [-0.4, -0.2) is 5.91 Å². The average Bonchev–Trinajstić information content (AvgIpc) is 2.27.